The summed E-state index contributed by atoms with van der Waals surface area (Å²) in [6, 6.07) is 0. The summed E-state index contributed by atoms with van der Waals surface area (Å²) in [4.78, 5) is 22.6. The molecule has 0 saturated heterocycles. The molecule has 2 atom stereocenters. The zero-order chi connectivity index (χ0) is 26.2. The molecule has 7 heteroatoms. The second kappa shape index (κ2) is 23.9. The molecule has 0 bridgehead atoms. The van der Waals surface area contributed by atoms with Crippen LogP contribution in [0.4, 0.5) is 0 Å². The average Bonchev–Trinajstić information content (AvgIpc) is 2.78. The SMILES string of the molecule is CCCCCCCCCCCCCCCCCCCC(COP(=O)(O)CCC[NH+](C)C)OC(C)=O. The number of carbonyl (C=O) groups is 1. The zero-order valence-electron chi connectivity index (χ0n) is 23.7. The van der Waals surface area contributed by atoms with E-state index < -0.39 is 13.7 Å². The lowest BCUT2D eigenvalue weighted by Crippen LogP contribution is -3.05. The molecule has 0 aromatic heterocycles. The van der Waals surface area contributed by atoms with E-state index in [2.05, 4.69) is 6.92 Å². The minimum atomic E-state index is -3.63. The van der Waals surface area contributed by atoms with E-state index in [4.69, 9.17) is 9.26 Å². The van der Waals surface area contributed by atoms with E-state index in [0.29, 0.717) is 12.8 Å². The topological polar surface area (TPSA) is 77.3 Å². The maximum Gasteiger partial charge on any atom is 0.328 e. The van der Waals surface area contributed by atoms with Gasteiger partial charge in [0.05, 0.1) is 33.4 Å². The molecule has 0 saturated carbocycles. The van der Waals surface area contributed by atoms with Crippen LogP contribution in [-0.2, 0) is 18.6 Å². The van der Waals surface area contributed by atoms with Crippen molar-refractivity contribution in [1.82, 2.24) is 0 Å². The molecule has 35 heavy (non-hydrogen) atoms. The van der Waals surface area contributed by atoms with Crippen molar-refractivity contribution in [2.24, 2.45) is 0 Å². The maximum atomic E-state index is 12.2. The maximum absolute atomic E-state index is 12.2. The Balaban J connectivity index is 3.68. The van der Waals surface area contributed by atoms with Crippen molar-refractivity contribution < 1.29 is 28.4 Å². The monoisotopic (exact) mass is 520 g/mol. The highest BCUT2D eigenvalue weighted by Gasteiger charge is 2.23. The Bertz CT molecular complexity index is 529. The van der Waals surface area contributed by atoms with E-state index in [1.807, 2.05) is 14.1 Å². The number of ether oxygens (including phenoxy) is 1. The first-order chi connectivity index (χ1) is 16.8. The molecule has 0 aromatic carbocycles. The summed E-state index contributed by atoms with van der Waals surface area (Å²) in [6.07, 6.45) is 23.5. The van der Waals surface area contributed by atoms with Gasteiger partial charge < -0.3 is 19.1 Å². The minimum Gasteiger partial charge on any atom is -0.460 e. The molecular weight excluding hydrogens is 461 g/mol. The Hall–Kier alpha value is -0.420. The van der Waals surface area contributed by atoms with Crippen LogP contribution in [0.5, 0.6) is 0 Å². The molecule has 2 N–H and O–H groups in total. The van der Waals surface area contributed by atoms with Gasteiger partial charge in [0.1, 0.15) is 6.10 Å². The van der Waals surface area contributed by atoms with Crippen LogP contribution >= 0.6 is 7.60 Å². The Morgan fingerprint density at radius 2 is 1.20 bits per heavy atom. The van der Waals surface area contributed by atoms with Gasteiger partial charge in [0, 0.05) is 13.3 Å². The summed E-state index contributed by atoms with van der Waals surface area (Å²) >= 11 is 0. The van der Waals surface area contributed by atoms with E-state index in [-0.39, 0.29) is 18.7 Å². The van der Waals surface area contributed by atoms with Crippen molar-refractivity contribution in [2.75, 3.05) is 33.4 Å². The van der Waals surface area contributed by atoms with E-state index in [0.717, 1.165) is 19.4 Å². The van der Waals surface area contributed by atoms with Gasteiger partial charge in [-0.05, 0) is 12.8 Å². The van der Waals surface area contributed by atoms with Crippen LogP contribution in [0.15, 0.2) is 0 Å². The first-order valence-electron chi connectivity index (χ1n) is 14.7. The van der Waals surface area contributed by atoms with Crippen LogP contribution in [0.1, 0.15) is 136 Å². The van der Waals surface area contributed by atoms with E-state index in [1.165, 1.54) is 108 Å². The molecule has 0 aromatic rings. The first kappa shape index (κ1) is 34.6. The number of quaternary nitrogens is 1. The van der Waals surface area contributed by atoms with Crippen LogP contribution in [0.3, 0.4) is 0 Å². The number of hydrogen-bond donors (Lipinski definition) is 2. The quantitative estimate of drug-likeness (QED) is 0.0754. The largest absolute Gasteiger partial charge is 0.460 e. The molecule has 0 fully saturated rings. The molecule has 0 rings (SSSR count). The molecule has 6 nitrogen and oxygen atoms in total. The molecule has 0 heterocycles. The Morgan fingerprint density at radius 3 is 1.60 bits per heavy atom. The minimum absolute atomic E-state index is 0.00103. The highest BCUT2D eigenvalue weighted by Crippen LogP contribution is 2.42. The van der Waals surface area contributed by atoms with Gasteiger partial charge in [-0.2, -0.15) is 0 Å². The Morgan fingerprint density at radius 1 is 0.771 bits per heavy atom. The number of rotatable bonds is 26. The van der Waals surface area contributed by atoms with Crippen molar-refractivity contribution in [3.8, 4) is 0 Å². The molecule has 0 aliphatic heterocycles. The number of esters is 1. The van der Waals surface area contributed by atoms with Crippen LogP contribution in [-0.4, -0.2) is 50.4 Å². The molecule has 0 radical (unpaired) electrons. The van der Waals surface area contributed by atoms with Gasteiger partial charge in [0.15, 0.2) is 0 Å². The Kier molecular flexibility index (Phi) is 23.7. The average molecular weight is 521 g/mol. The lowest BCUT2D eigenvalue weighted by molar-refractivity contribution is -0.858. The summed E-state index contributed by atoms with van der Waals surface area (Å²) in [5, 5.41) is 0. The zero-order valence-corrected chi connectivity index (χ0v) is 24.6. The van der Waals surface area contributed by atoms with Gasteiger partial charge in [-0.1, -0.05) is 110 Å². The lowest BCUT2D eigenvalue weighted by Gasteiger charge is -2.19. The summed E-state index contributed by atoms with van der Waals surface area (Å²) in [7, 11) is 0.397. The third-order valence-corrected chi connectivity index (χ3v) is 7.98. The van der Waals surface area contributed by atoms with Crippen molar-refractivity contribution >= 4 is 13.6 Å². The van der Waals surface area contributed by atoms with Crippen molar-refractivity contribution in [2.45, 2.75) is 142 Å². The molecule has 0 spiro atoms. The van der Waals surface area contributed by atoms with Crippen LogP contribution in [0.2, 0.25) is 0 Å². The standard InChI is InChI=1S/C28H58NO5P/c1-5-6-7-8-9-10-11-12-13-14-15-16-17-18-19-20-21-23-28(34-27(2)30)26-33-35(31,32)25-22-24-29(3)4/h28H,5-26H2,1-4H3,(H,31,32)/p+1. The smallest absolute Gasteiger partial charge is 0.328 e. The van der Waals surface area contributed by atoms with Crippen molar-refractivity contribution in [3.63, 3.8) is 0 Å². The van der Waals surface area contributed by atoms with Crippen molar-refractivity contribution in [3.05, 3.63) is 0 Å². The van der Waals surface area contributed by atoms with Crippen LogP contribution in [0.25, 0.3) is 0 Å². The molecule has 210 valence electrons. The highest BCUT2D eigenvalue weighted by atomic mass is 31.2. The van der Waals surface area contributed by atoms with Crippen molar-refractivity contribution in [1.29, 1.82) is 0 Å². The number of nitrogens with one attached hydrogen (secondary N) is 1. The van der Waals surface area contributed by atoms with Gasteiger partial charge in [-0.15, -0.1) is 0 Å². The van der Waals surface area contributed by atoms with Crippen LogP contribution < -0.4 is 4.90 Å². The van der Waals surface area contributed by atoms with E-state index >= 15 is 0 Å². The van der Waals surface area contributed by atoms with Gasteiger partial charge >= 0.3 is 13.6 Å². The first-order valence-corrected chi connectivity index (χ1v) is 16.5. The molecule has 0 aliphatic rings. The van der Waals surface area contributed by atoms with Gasteiger partial charge in [-0.3, -0.25) is 9.36 Å². The predicted molar refractivity (Wildman–Crippen MR) is 147 cm³/mol. The number of unbranched alkanes of at least 4 members (excludes halogenated alkanes) is 16. The summed E-state index contributed by atoms with van der Waals surface area (Å²) < 4.78 is 22.8. The van der Waals surface area contributed by atoms with E-state index in [1.54, 1.807) is 0 Å². The molecule has 0 aliphatic carbocycles. The van der Waals surface area contributed by atoms with Gasteiger partial charge in [-0.25, -0.2) is 0 Å². The van der Waals surface area contributed by atoms with Gasteiger partial charge in [0.25, 0.3) is 0 Å². The summed E-state index contributed by atoms with van der Waals surface area (Å²) in [5.41, 5.74) is 0. The van der Waals surface area contributed by atoms with E-state index in [9.17, 15) is 14.3 Å². The molecule has 0 amide bonds. The predicted octanol–water partition coefficient (Wildman–Crippen LogP) is 6.70. The molecule has 2 unspecified atom stereocenters. The summed E-state index contributed by atoms with van der Waals surface area (Å²) in [6.45, 7) is 4.47. The highest BCUT2D eigenvalue weighted by molar-refractivity contribution is 7.52. The van der Waals surface area contributed by atoms with Crippen LogP contribution in [0, 0.1) is 0 Å². The third kappa shape index (κ3) is 26.5. The normalized spacial score (nSPS) is 14.2. The Labute approximate surface area is 217 Å². The second-order valence-corrected chi connectivity index (χ2v) is 12.6. The number of carbonyl (C=O) groups excluding carboxylic acids is 1. The lowest BCUT2D eigenvalue weighted by atomic mass is 10.0. The van der Waals surface area contributed by atoms with Gasteiger partial charge in [0.2, 0.25) is 0 Å². The fourth-order valence-corrected chi connectivity index (χ4v) is 5.49. The fraction of sp³-hybridized carbons (Fsp3) is 0.964. The number of hydrogen-bond acceptors (Lipinski definition) is 4. The second-order valence-electron chi connectivity index (χ2n) is 10.6. The summed E-state index contributed by atoms with van der Waals surface area (Å²) in [5.74, 6) is -0.366. The third-order valence-electron chi connectivity index (χ3n) is 6.54. The molecular formula is C28H59NO5P+. The fourth-order valence-electron chi connectivity index (χ4n) is 4.40.